The fourth-order valence-corrected chi connectivity index (χ4v) is 4.38. The highest BCUT2D eigenvalue weighted by molar-refractivity contribution is 6.33. The van der Waals surface area contributed by atoms with Crippen LogP contribution in [0.1, 0.15) is 11.1 Å². The summed E-state index contributed by atoms with van der Waals surface area (Å²) in [5.74, 6) is 0.569. The molecule has 0 fully saturated rings. The Labute approximate surface area is 183 Å². The first kappa shape index (κ1) is 19.2. The molecule has 0 saturated carbocycles. The van der Waals surface area contributed by atoms with Crippen molar-refractivity contribution in [2.24, 2.45) is 0 Å². The SMILES string of the molecule is O=c1cc(-c2ccccc2)c2cc(Cl)c3c(c2o1)CN(Cc1cccc(Cl)c1)CO3. The number of ether oxygens (including phenoxy) is 1. The standard InChI is InChI=1S/C24H17Cl2NO3/c25-17-8-4-5-15(9-17)12-27-13-20-23-19(10-21(26)24(20)29-14-27)18(11-22(28)30-23)16-6-2-1-3-7-16/h1-11H,12-14H2. The Hall–Kier alpha value is -2.79. The Kier molecular flexibility index (Phi) is 4.99. The molecular weight excluding hydrogens is 421 g/mol. The Morgan fingerprint density at radius 1 is 0.967 bits per heavy atom. The lowest BCUT2D eigenvalue weighted by Crippen LogP contribution is -2.32. The minimum absolute atomic E-state index is 0.382. The lowest BCUT2D eigenvalue weighted by atomic mass is 9.99. The predicted molar refractivity (Wildman–Crippen MR) is 119 cm³/mol. The van der Waals surface area contributed by atoms with E-state index in [1.165, 1.54) is 6.07 Å². The van der Waals surface area contributed by atoms with E-state index in [0.717, 1.165) is 27.6 Å². The zero-order valence-electron chi connectivity index (χ0n) is 15.9. The molecule has 0 unspecified atom stereocenters. The molecule has 4 nitrogen and oxygen atoms in total. The molecule has 1 aliphatic heterocycles. The topological polar surface area (TPSA) is 42.7 Å². The molecular formula is C24H17Cl2NO3. The molecule has 0 atom stereocenters. The zero-order chi connectivity index (χ0) is 20.7. The van der Waals surface area contributed by atoms with Crippen molar-refractivity contribution >= 4 is 34.2 Å². The van der Waals surface area contributed by atoms with Crippen molar-refractivity contribution in [1.29, 1.82) is 0 Å². The third kappa shape index (κ3) is 3.58. The maximum atomic E-state index is 12.4. The second-order valence-electron chi connectivity index (χ2n) is 7.28. The molecule has 0 N–H and O–H groups in total. The first-order valence-electron chi connectivity index (χ1n) is 9.53. The van der Waals surface area contributed by atoms with Gasteiger partial charge in [0.05, 0.1) is 10.6 Å². The van der Waals surface area contributed by atoms with Gasteiger partial charge in [-0.05, 0) is 34.9 Å². The minimum atomic E-state index is -0.405. The maximum absolute atomic E-state index is 12.4. The lowest BCUT2D eigenvalue weighted by Gasteiger charge is -2.30. The van der Waals surface area contributed by atoms with Gasteiger partial charge in [-0.1, -0.05) is 65.7 Å². The molecule has 2 heterocycles. The Balaban J connectivity index is 1.61. The second-order valence-corrected chi connectivity index (χ2v) is 8.12. The monoisotopic (exact) mass is 437 g/mol. The molecule has 0 aliphatic carbocycles. The van der Waals surface area contributed by atoms with E-state index in [9.17, 15) is 4.79 Å². The summed E-state index contributed by atoms with van der Waals surface area (Å²) in [7, 11) is 0. The summed E-state index contributed by atoms with van der Waals surface area (Å²) in [5.41, 5.74) is 3.68. The smallest absolute Gasteiger partial charge is 0.336 e. The van der Waals surface area contributed by atoms with E-state index < -0.39 is 5.63 Å². The third-order valence-electron chi connectivity index (χ3n) is 5.19. The summed E-state index contributed by atoms with van der Waals surface area (Å²) in [4.78, 5) is 14.5. The largest absolute Gasteiger partial charge is 0.476 e. The van der Waals surface area contributed by atoms with Crippen LogP contribution in [0.4, 0.5) is 0 Å². The van der Waals surface area contributed by atoms with Crippen LogP contribution in [0.2, 0.25) is 10.0 Å². The lowest BCUT2D eigenvalue weighted by molar-refractivity contribution is 0.0891. The molecule has 0 amide bonds. The molecule has 4 aromatic rings. The van der Waals surface area contributed by atoms with Crippen LogP contribution in [0.25, 0.3) is 22.1 Å². The van der Waals surface area contributed by atoms with E-state index in [4.69, 9.17) is 32.4 Å². The van der Waals surface area contributed by atoms with Gasteiger partial charge in [-0.15, -0.1) is 0 Å². The molecule has 5 rings (SSSR count). The highest BCUT2D eigenvalue weighted by Gasteiger charge is 2.25. The van der Waals surface area contributed by atoms with Crippen LogP contribution in [0.15, 0.2) is 75.9 Å². The van der Waals surface area contributed by atoms with Gasteiger partial charge in [-0.2, -0.15) is 0 Å². The Bertz CT molecular complexity index is 1300. The van der Waals surface area contributed by atoms with Crippen LogP contribution in [0.5, 0.6) is 5.75 Å². The average Bonchev–Trinajstić information content (AvgIpc) is 2.75. The molecule has 1 aromatic heterocycles. The molecule has 3 aromatic carbocycles. The van der Waals surface area contributed by atoms with Gasteiger partial charge in [0, 0.05) is 29.6 Å². The summed E-state index contributed by atoms with van der Waals surface area (Å²) in [6, 6.07) is 20.8. The van der Waals surface area contributed by atoms with Crippen molar-refractivity contribution in [3.8, 4) is 16.9 Å². The van der Waals surface area contributed by atoms with Crippen molar-refractivity contribution in [3.63, 3.8) is 0 Å². The molecule has 0 radical (unpaired) electrons. The minimum Gasteiger partial charge on any atom is -0.476 e. The van der Waals surface area contributed by atoms with Crippen molar-refractivity contribution in [3.05, 3.63) is 98.3 Å². The maximum Gasteiger partial charge on any atom is 0.336 e. The van der Waals surface area contributed by atoms with Gasteiger partial charge in [0.25, 0.3) is 0 Å². The van der Waals surface area contributed by atoms with Crippen LogP contribution in [0, 0.1) is 0 Å². The molecule has 30 heavy (non-hydrogen) atoms. The molecule has 0 bridgehead atoms. The van der Waals surface area contributed by atoms with Crippen molar-refractivity contribution in [2.45, 2.75) is 13.1 Å². The number of hydrogen-bond donors (Lipinski definition) is 0. The van der Waals surface area contributed by atoms with E-state index in [2.05, 4.69) is 4.90 Å². The molecule has 1 aliphatic rings. The van der Waals surface area contributed by atoms with Crippen molar-refractivity contribution < 1.29 is 9.15 Å². The van der Waals surface area contributed by atoms with Crippen molar-refractivity contribution in [1.82, 2.24) is 4.90 Å². The highest BCUT2D eigenvalue weighted by Crippen LogP contribution is 2.41. The van der Waals surface area contributed by atoms with Crippen LogP contribution < -0.4 is 10.4 Å². The van der Waals surface area contributed by atoms with E-state index in [-0.39, 0.29) is 0 Å². The molecule has 0 saturated heterocycles. The summed E-state index contributed by atoms with van der Waals surface area (Å²) < 4.78 is 11.6. The first-order chi connectivity index (χ1) is 14.6. The number of halogens is 2. The van der Waals surface area contributed by atoms with Gasteiger partial charge in [0.15, 0.2) is 0 Å². The van der Waals surface area contributed by atoms with E-state index in [1.54, 1.807) is 0 Å². The van der Waals surface area contributed by atoms with Gasteiger partial charge >= 0.3 is 5.63 Å². The van der Waals surface area contributed by atoms with Gasteiger partial charge in [0.2, 0.25) is 0 Å². The van der Waals surface area contributed by atoms with Gasteiger partial charge in [-0.25, -0.2) is 4.79 Å². The van der Waals surface area contributed by atoms with Crippen molar-refractivity contribution in [2.75, 3.05) is 6.73 Å². The van der Waals surface area contributed by atoms with Crippen LogP contribution in [-0.4, -0.2) is 11.6 Å². The van der Waals surface area contributed by atoms with Crippen LogP contribution in [-0.2, 0) is 13.1 Å². The second kappa shape index (κ2) is 7.80. The average molecular weight is 438 g/mol. The number of hydrogen-bond acceptors (Lipinski definition) is 4. The predicted octanol–water partition coefficient (Wildman–Crippen LogP) is 6.12. The Morgan fingerprint density at radius 2 is 1.80 bits per heavy atom. The number of rotatable bonds is 3. The molecule has 6 heteroatoms. The van der Waals surface area contributed by atoms with E-state index in [0.29, 0.717) is 41.2 Å². The summed E-state index contributed by atoms with van der Waals surface area (Å²) in [5, 5.41) is 1.99. The number of fused-ring (bicyclic) bond motifs is 3. The van der Waals surface area contributed by atoms with E-state index >= 15 is 0 Å². The summed E-state index contributed by atoms with van der Waals surface area (Å²) >= 11 is 12.7. The first-order valence-corrected chi connectivity index (χ1v) is 10.3. The normalized spacial score (nSPS) is 13.8. The quantitative estimate of drug-likeness (QED) is 0.362. The third-order valence-corrected chi connectivity index (χ3v) is 5.70. The fraction of sp³-hybridized carbons (Fsp3) is 0.125. The summed E-state index contributed by atoms with van der Waals surface area (Å²) in [6.45, 7) is 1.57. The van der Waals surface area contributed by atoms with Gasteiger partial charge < -0.3 is 9.15 Å². The number of nitrogens with zero attached hydrogens (tertiary/aromatic N) is 1. The van der Waals surface area contributed by atoms with Crippen LogP contribution >= 0.6 is 23.2 Å². The fourth-order valence-electron chi connectivity index (χ4n) is 3.89. The zero-order valence-corrected chi connectivity index (χ0v) is 17.4. The van der Waals surface area contributed by atoms with E-state index in [1.807, 2.05) is 60.7 Å². The highest BCUT2D eigenvalue weighted by atomic mass is 35.5. The van der Waals surface area contributed by atoms with Gasteiger partial charge in [-0.3, -0.25) is 4.90 Å². The Morgan fingerprint density at radius 3 is 2.60 bits per heavy atom. The van der Waals surface area contributed by atoms with Gasteiger partial charge in [0.1, 0.15) is 18.1 Å². The number of benzene rings is 3. The van der Waals surface area contributed by atoms with Crippen LogP contribution in [0.3, 0.4) is 0 Å². The summed E-state index contributed by atoms with van der Waals surface area (Å²) in [6.07, 6.45) is 0. The molecule has 0 spiro atoms. The molecule has 150 valence electrons.